The molecular weight excluding hydrogens is 409 g/mol. The number of alkyl halides is 3. The Hall–Kier alpha value is -2.00. The predicted molar refractivity (Wildman–Crippen MR) is 87.4 cm³/mol. The summed E-state index contributed by atoms with van der Waals surface area (Å²) in [6, 6.07) is 11.5. The molecule has 0 bridgehead atoms. The highest BCUT2D eigenvalue weighted by Crippen LogP contribution is 2.36. The summed E-state index contributed by atoms with van der Waals surface area (Å²) in [5, 5.41) is 0. The highest BCUT2D eigenvalue weighted by atomic mass is 79.9. The van der Waals surface area contributed by atoms with Gasteiger partial charge in [0.1, 0.15) is 0 Å². The van der Waals surface area contributed by atoms with Crippen molar-refractivity contribution in [2.24, 2.45) is 0 Å². The molecule has 0 spiro atoms. The second-order valence-corrected chi connectivity index (χ2v) is 6.45. The van der Waals surface area contributed by atoms with Crippen molar-refractivity contribution in [1.82, 2.24) is 10.9 Å². The number of rotatable bonds is 3. The molecule has 0 unspecified atom stereocenters. The van der Waals surface area contributed by atoms with Gasteiger partial charge in [0.2, 0.25) is 0 Å². The minimum Gasteiger partial charge on any atom is -0.267 e. The van der Waals surface area contributed by atoms with Crippen LogP contribution in [0.3, 0.4) is 0 Å². The highest BCUT2D eigenvalue weighted by molar-refractivity contribution is 9.10. The summed E-state index contributed by atoms with van der Waals surface area (Å²) in [5.41, 5.74) is 0.501. The van der Waals surface area contributed by atoms with Gasteiger partial charge in [0.05, 0.1) is 5.56 Å². The molecule has 4 nitrogen and oxygen atoms in total. The molecule has 24 heavy (non-hydrogen) atoms. The van der Waals surface area contributed by atoms with Crippen LogP contribution in [-0.4, -0.2) is 17.3 Å². The van der Waals surface area contributed by atoms with E-state index in [1.807, 2.05) is 0 Å². The third-order valence-electron chi connectivity index (χ3n) is 2.76. The third kappa shape index (κ3) is 5.27. The number of amides is 2. The Balaban J connectivity index is 1.95. The molecule has 0 aliphatic heterocycles. The lowest BCUT2D eigenvalue weighted by molar-refractivity contribution is -0.0328. The molecule has 0 atom stereocenters. The van der Waals surface area contributed by atoms with Crippen molar-refractivity contribution in [1.29, 1.82) is 0 Å². The number of nitrogens with one attached hydrogen (secondary N) is 2. The molecule has 0 radical (unpaired) electrons. The predicted octanol–water partition coefficient (Wildman–Crippen LogP) is 4.14. The first-order valence-electron chi connectivity index (χ1n) is 6.47. The average molecular weight is 419 g/mol. The van der Waals surface area contributed by atoms with Crippen LogP contribution in [0.1, 0.15) is 20.7 Å². The van der Waals surface area contributed by atoms with Crippen LogP contribution in [0.15, 0.2) is 57.9 Å². The Kier molecular flexibility index (Phi) is 5.89. The van der Waals surface area contributed by atoms with E-state index in [4.69, 9.17) is 0 Å². The van der Waals surface area contributed by atoms with Gasteiger partial charge in [-0.25, -0.2) is 0 Å². The molecule has 0 fully saturated rings. The van der Waals surface area contributed by atoms with E-state index < -0.39 is 17.3 Å². The first-order chi connectivity index (χ1) is 11.3. The number of carbonyl (C=O) groups is 2. The Labute approximate surface area is 147 Å². The quantitative estimate of drug-likeness (QED) is 0.581. The summed E-state index contributed by atoms with van der Waals surface area (Å²) in [7, 11) is 0. The van der Waals surface area contributed by atoms with Gasteiger partial charge < -0.3 is 0 Å². The first kappa shape index (κ1) is 18.3. The fraction of sp³-hybridized carbons (Fsp3) is 0.0667. The van der Waals surface area contributed by atoms with Crippen LogP contribution in [0, 0.1) is 0 Å². The molecule has 2 amide bonds. The zero-order valence-electron chi connectivity index (χ0n) is 11.9. The summed E-state index contributed by atoms with van der Waals surface area (Å²) in [6.07, 6.45) is 0. The Morgan fingerprint density at radius 1 is 0.917 bits per heavy atom. The van der Waals surface area contributed by atoms with Crippen LogP contribution in [0.4, 0.5) is 13.2 Å². The maximum Gasteiger partial charge on any atom is 0.446 e. The van der Waals surface area contributed by atoms with Gasteiger partial charge in [0, 0.05) is 14.9 Å². The Morgan fingerprint density at radius 3 is 2.08 bits per heavy atom. The molecule has 0 aliphatic carbocycles. The van der Waals surface area contributed by atoms with E-state index in [9.17, 15) is 22.8 Å². The maximum atomic E-state index is 12.2. The fourth-order valence-corrected chi connectivity index (χ4v) is 2.71. The molecule has 0 saturated heterocycles. The van der Waals surface area contributed by atoms with Crippen LogP contribution in [0.25, 0.3) is 0 Å². The van der Waals surface area contributed by atoms with Gasteiger partial charge in [0.15, 0.2) is 0 Å². The van der Waals surface area contributed by atoms with Crippen LogP contribution < -0.4 is 10.9 Å². The second kappa shape index (κ2) is 7.71. The monoisotopic (exact) mass is 418 g/mol. The average Bonchev–Trinajstić information content (AvgIpc) is 2.52. The first-order valence-corrected chi connectivity index (χ1v) is 8.08. The molecule has 9 heteroatoms. The van der Waals surface area contributed by atoms with Crippen molar-refractivity contribution in [2.45, 2.75) is 10.4 Å². The zero-order chi connectivity index (χ0) is 17.7. The van der Waals surface area contributed by atoms with Crippen molar-refractivity contribution >= 4 is 39.5 Å². The normalized spacial score (nSPS) is 11.0. The lowest BCUT2D eigenvalue weighted by Gasteiger charge is -2.09. The minimum atomic E-state index is -4.39. The van der Waals surface area contributed by atoms with E-state index >= 15 is 0 Å². The van der Waals surface area contributed by atoms with E-state index in [0.29, 0.717) is 10.0 Å². The van der Waals surface area contributed by atoms with Crippen molar-refractivity contribution in [3.63, 3.8) is 0 Å². The van der Waals surface area contributed by atoms with E-state index in [1.54, 1.807) is 24.3 Å². The summed E-state index contributed by atoms with van der Waals surface area (Å²) in [4.78, 5) is 23.8. The fourth-order valence-electron chi connectivity index (χ4n) is 1.71. The molecule has 0 saturated carbocycles. The summed E-state index contributed by atoms with van der Waals surface area (Å²) in [6.45, 7) is 0. The summed E-state index contributed by atoms with van der Waals surface area (Å²) < 4.78 is 37.3. The topological polar surface area (TPSA) is 58.2 Å². The number of hydrazine groups is 1. The second-order valence-electron chi connectivity index (χ2n) is 4.46. The molecule has 0 heterocycles. The number of hydrogen-bond acceptors (Lipinski definition) is 3. The number of halogens is 4. The van der Waals surface area contributed by atoms with E-state index in [0.717, 1.165) is 0 Å². The number of hydrogen-bond donors (Lipinski definition) is 2. The molecule has 126 valence electrons. The van der Waals surface area contributed by atoms with Crippen molar-refractivity contribution in [2.75, 3.05) is 0 Å². The largest absolute Gasteiger partial charge is 0.446 e. The molecular formula is C15H10BrF3N2O2S. The Bertz CT molecular complexity index is 751. The van der Waals surface area contributed by atoms with Crippen LogP contribution in [0.5, 0.6) is 0 Å². The molecule has 2 N–H and O–H groups in total. The SMILES string of the molecule is O=C(NNC(=O)c1ccccc1Br)c1ccc(SC(F)(F)F)cc1. The van der Waals surface area contributed by atoms with Crippen molar-refractivity contribution < 1.29 is 22.8 Å². The third-order valence-corrected chi connectivity index (χ3v) is 4.19. The van der Waals surface area contributed by atoms with Crippen LogP contribution >= 0.6 is 27.7 Å². The number of benzene rings is 2. The van der Waals surface area contributed by atoms with E-state index in [2.05, 4.69) is 26.8 Å². The highest BCUT2D eigenvalue weighted by Gasteiger charge is 2.29. The molecule has 2 aromatic carbocycles. The van der Waals surface area contributed by atoms with E-state index in [1.165, 1.54) is 24.3 Å². The van der Waals surface area contributed by atoms with Gasteiger partial charge in [-0.2, -0.15) is 13.2 Å². The number of carbonyl (C=O) groups excluding carboxylic acids is 2. The number of thioether (sulfide) groups is 1. The van der Waals surface area contributed by atoms with Gasteiger partial charge >= 0.3 is 5.51 Å². The lowest BCUT2D eigenvalue weighted by Crippen LogP contribution is -2.41. The zero-order valence-corrected chi connectivity index (χ0v) is 14.3. The van der Waals surface area contributed by atoms with Gasteiger partial charge in [-0.05, 0) is 64.1 Å². The summed E-state index contributed by atoms with van der Waals surface area (Å²) in [5.74, 6) is -1.17. The van der Waals surface area contributed by atoms with Gasteiger partial charge in [-0.1, -0.05) is 12.1 Å². The van der Waals surface area contributed by atoms with Crippen LogP contribution in [0.2, 0.25) is 0 Å². The minimum absolute atomic E-state index is 0.0312. The Morgan fingerprint density at radius 2 is 1.50 bits per heavy atom. The maximum absolute atomic E-state index is 12.2. The summed E-state index contributed by atoms with van der Waals surface area (Å²) >= 11 is 2.94. The van der Waals surface area contributed by atoms with Crippen LogP contribution in [-0.2, 0) is 0 Å². The molecule has 0 aromatic heterocycles. The van der Waals surface area contributed by atoms with Crippen molar-refractivity contribution in [3.05, 3.63) is 64.1 Å². The molecule has 2 aromatic rings. The van der Waals surface area contributed by atoms with Gasteiger partial charge in [-0.3, -0.25) is 20.4 Å². The van der Waals surface area contributed by atoms with Gasteiger partial charge in [-0.15, -0.1) is 0 Å². The van der Waals surface area contributed by atoms with E-state index in [-0.39, 0.29) is 22.2 Å². The smallest absolute Gasteiger partial charge is 0.267 e. The lowest BCUT2D eigenvalue weighted by atomic mass is 10.2. The standard InChI is InChI=1S/C15H10BrF3N2O2S/c16-12-4-2-1-3-11(12)14(23)21-20-13(22)9-5-7-10(8-6-9)24-15(17,18)19/h1-8H,(H,20,22)(H,21,23). The molecule has 0 aliphatic rings. The molecule has 2 rings (SSSR count). The van der Waals surface area contributed by atoms with Gasteiger partial charge in [0.25, 0.3) is 11.8 Å². The van der Waals surface area contributed by atoms with Crippen molar-refractivity contribution in [3.8, 4) is 0 Å².